The molecule has 10 atom stereocenters. The molecule has 3 fully saturated rings. The molecule has 0 radical (unpaired) electrons. The van der Waals surface area contributed by atoms with E-state index < -0.39 is 8.32 Å². The number of fused-ring (bicyclic) bond motifs is 5. The summed E-state index contributed by atoms with van der Waals surface area (Å²) in [5.41, 5.74) is 3.40. The minimum Gasteiger partial charge on any atom is -0.466 e. The monoisotopic (exact) mass is 831 g/mol. The number of hydrogen-bond acceptors (Lipinski definition) is 4. The molecular formula is C55H78O4Si. The number of allylic oxidation sites excluding steroid dienone is 1. The fraction of sp³-hybridized carbons (Fsp3) is 0.618. The van der Waals surface area contributed by atoms with Crippen LogP contribution in [0.2, 0.25) is 5.04 Å². The highest BCUT2D eigenvalue weighted by atomic mass is 28.4. The van der Waals surface area contributed by atoms with E-state index in [1.165, 1.54) is 54.5 Å². The van der Waals surface area contributed by atoms with E-state index in [-0.39, 0.29) is 45.4 Å². The number of benzene rings is 3. The zero-order valence-corrected chi connectivity index (χ0v) is 40.0. The Morgan fingerprint density at radius 2 is 1.42 bits per heavy atom. The van der Waals surface area contributed by atoms with Crippen LogP contribution in [0.5, 0.6) is 0 Å². The molecule has 0 unspecified atom stereocenters. The Hall–Kier alpha value is -2.99. The molecule has 60 heavy (non-hydrogen) atoms. The second kappa shape index (κ2) is 18.0. The smallest absolute Gasteiger partial charge is 0.309 e. The fourth-order valence-electron chi connectivity index (χ4n) is 13.6. The van der Waals surface area contributed by atoms with Crippen molar-refractivity contribution >= 4 is 24.7 Å². The van der Waals surface area contributed by atoms with Crippen molar-refractivity contribution in [2.45, 2.75) is 157 Å². The third-order valence-corrected chi connectivity index (χ3v) is 21.5. The Balaban J connectivity index is 1.11. The average Bonchev–Trinajstić information content (AvgIpc) is 3.58. The van der Waals surface area contributed by atoms with E-state index in [1.807, 2.05) is 6.92 Å². The quantitative estimate of drug-likeness (QED) is 0.0922. The maximum atomic E-state index is 13.5. The van der Waals surface area contributed by atoms with Crippen LogP contribution in [0.25, 0.3) is 0 Å². The standard InChI is InChI=1S/C55H78O4Si/c1-11-57-51(56)41(37-52(3,4)5)35-50(58-38-40-21-15-12-16-22-40)39(2)47-29-30-48-46-28-27-42-36-43(31-33-54(42,9)49(46)32-34-55(47,48)10)59-60(53(6,7)8,44-23-17-13-18-24-44)45-25-19-14-20-26-45/h12-27,39,41,43,46-50H,11,28-38H2,1-10H3/t39-,41+,43-,46-,47+,48-,49-,50+,54-,55+/m0/s1. The molecule has 3 aromatic rings. The minimum absolute atomic E-state index is 0.0125. The number of hydrogen-bond donors (Lipinski definition) is 0. The third kappa shape index (κ3) is 8.93. The highest BCUT2D eigenvalue weighted by Gasteiger charge is 2.60. The van der Waals surface area contributed by atoms with Crippen molar-refractivity contribution < 1.29 is 18.7 Å². The van der Waals surface area contributed by atoms with Gasteiger partial charge in [0.25, 0.3) is 8.32 Å². The number of ether oxygens (including phenoxy) is 2. The summed E-state index contributed by atoms with van der Waals surface area (Å²) in [5, 5.41) is 2.74. The Morgan fingerprint density at radius 1 is 0.800 bits per heavy atom. The second-order valence-electron chi connectivity index (χ2n) is 22.3. The maximum Gasteiger partial charge on any atom is 0.309 e. The molecule has 4 nitrogen and oxygen atoms in total. The molecule has 4 aliphatic rings. The van der Waals surface area contributed by atoms with Gasteiger partial charge < -0.3 is 13.9 Å². The summed E-state index contributed by atoms with van der Waals surface area (Å²) >= 11 is 0. The van der Waals surface area contributed by atoms with Gasteiger partial charge in [-0.15, -0.1) is 0 Å². The molecule has 0 heterocycles. The van der Waals surface area contributed by atoms with E-state index >= 15 is 0 Å². The SMILES string of the molecule is CCOC(=O)[C@H](C[C@@H](OCc1ccccc1)[C@@H](C)[C@H]1CC[C@H]2[C@@H]3CC=C4C[C@@H](O[Si](c5ccccc5)(c5ccccc5)C(C)(C)C)CC[C@]4(C)[C@H]3CC[C@]12C)CC(C)(C)C. The first-order chi connectivity index (χ1) is 28.5. The van der Waals surface area contributed by atoms with Gasteiger partial charge in [-0.05, 0) is 138 Å². The van der Waals surface area contributed by atoms with Gasteiger partial charge in [-0.2, -0.15) is 0 Å². The van der Waals surface area contributed by atoms with Crippen molar-refractivity contribution in [2.24, 2.45) is 51.8 Å². The molecule has 4 aliphatic carbocycles. The normalized spacial score (nSPS) is 29.6. The summed E-state index contributed by atoms with van der Waals surface area (Å²) in [4.78, 5) is 13.5. The van der Waals surface area contributed by atoms with Crippen LogP contribution in [0, 0.1) is 51.8 Å². The van der Waals surface area contributed by atoms with E-state index in [0.717, 1.165) is 37.0 Å². The van der Waals surface area contributed by atoms with E-state index in [4.69, 9.17) is 13.9 Å². The molecule has 0 amide bonds. The van der Waals surface area contributed by atoms with E-state index in [0.29, 0.717) is 31.5 Å². The van der Waals surface area contributed by atoms with Crippen molar-refractivity contribution in [3.8, 4) is 0 Å². The average molecular weight is 831 g/mol. The summed E-state index contributed by atoms with van der Waals surface area (Å²) in [6.45, 7) is 24.6. The lowest BCUT2D eigenvalue weighted by atomic mass is 9.47. The molecule has 326 valence electrons. The molecule has 0 spiro atoms. The largest absolute Gasteiger partial charge is 0.466 e. The summed E-state index contributed by atoms with van der Waals surface area (Å²) in [6.07, 6.45) is 14.2. The molecule has 5 heteroatoms. The molecule has 0 bridgehead atoms. The van der Waals surface area contributed by atoms with Gasteiger partial charge in [0.1, 0.15) is 0 Å². The van der Waals surface area contributed by atoms with Crippen molar-refractivity contribution in [1.82, 2.24) is 0 Å². The van der Waals surface area contributed by atoms with Gasteiger partial charge in [0.05, 0.1) is 25.2 Å². The summed E-state index contributed by atoms with van der Waals surface area (Å²) in [6, 6.07) is 33.0. The zero-order valence-electron chi connectivity index (χ0n) is 39.0. The van der Waals surface area contributed by atoms with Gasteiger partial charge in [-0.1, -0.05) is 165 Å². The maximum absolute atomic E-state index is 13.5. The first-order valence-corrected chi connectivity index (χ1v) is 25.7. The van der Waals surface area contributed by atoms with Gasteiger partial charge in [-0.25, -0.2) is 0 Å². The highest BCUT2D eigenvalue weighted by molar-refractivity contribution is 6.99. The van der Waals surface area contributed by atoms with Gasteiger partial charge in [0.2, 0.25) is 0 Å². The van der Waals surface area contributed by atoms with Crippen LogP contribution in [0.15, 0.2) is 103 Å². The molecular weight excluding hydrogens is 753 g/mol. The summed E-state index contributed by atoms with van der Waals surface area (Å²) in [7, 11) is -2.63. The molecule has 0 N–H and O–H groups in total. The molecule has 3 saturated carbocycles. The number of carbonyl (C=O) groups is 1. The first-order valence-electron chi connectivity index (χ1n) is 23.8. The van der Waals surface area contributed by atoms with Gasteiger partial charge in [-0.3, -0.25) is 4.79 Å². The van der Waals surface area contributed by atoms with Gasteiger partial charge in [0, 0.05) is 6.10 Å². The molecule has 0 aromatic heterocycles. The predicted octanol–water partition coefficient (Wildman–Crippen LogP) is 12.7. The number of carbonyl (C=O) groups excluding carboxylic acids is 1. The minimum atomic E-state index is -2.63. The van der Waals surface area contributed by atoms with Crippen LogP contribution in [0.4, 0.5) is 0 Å². The van der Waals surface area contributed by atoms with Crippen LogP contribution in [0.1, 0.15) is 139 Å². The van der Waals surface area contributed by atoms with Crippen LogP contribution < -0.4 is 10.4 Å². The van der Waals surface area contributed by atoms with Crippen LogP contribution in [-0.4, -0.2) is 33.1 Å². The first kappa shape index (κ1) is 45.0. The highest BCUT2D eigenvalue weighted by Crippen LogP contribution is 2.67. The Kier molecular flexibility index (Phi) is 13.5. The molecule has 7 rings (SSSR count). The van der Waals surface area contributed by atoms with Gasteiger partial charge in [0.15, 0.2) is 0 Å². The topological polar surface area (TPSA) is 44.8 Å². The van der Waals surface area contributed by atoms with E-state index in [9.17, 15) is 4.79 Å². The Labute approximate surface area is 365 Å². The predicted molar refractivity (Wildman–Crippen MR) is 251 cm³/mol. The second-order valence-corrected chi connectivity index (χ2v) is 26.5. The summed E-state index contributed by atoms with van der Waals surface area (Å²) < 4.78 is 20.5. The zero-order chi connectivity index (χ0) is 42.9. The Morgan fingerprint density at radius 3 is 2.00 bits per heavy atom. The van der Waals surface area contributed by atoms with Crippen molar-refractivity contribution in [3.05, 3.63) is 108 Å². The van der Waals surface area contributed by atoms with E-state index in [1.54, 1.807) is 5.57 Å². The molecule has 0 aliphatic heterocycles. The lowest BCUT2D eigenvalue weighted by Crippen LogP contribution is -2.68. The number of rotatable bonds is 14. The van der Waals surface area contributed by atoms with Crippen LogP contribution in [0.3, 0.4) is 0 Å². The molecule has 0 saturated heterocycles. The van der Waals surface area contributed by atoms with E-state index in [2.05, 4.69) is 159 Å². The lowest BCUT2D eigenvalue weighted by molar-refractivity contribution is -0.152. The molecule has 3 aromatic carbocycles. The van der Waals surface area contributed by atoms with Crippen molar-refractivity contribution in [3.63, 3.8) is 0 Å². The van der Waals surface area contributed by atoms with Crippen LogP contribution >= 0.6 is 0 Å². The fourth-order valence-corrected chi connectivity index (χ4v) is 18.3. The van der Waals surface area contributed by atoms with Crippen molar-refractivity contribution in [2.75, 3.05) is 6.61 Å². The van der Waals surface area contributed by atoms with Crippen molar-refractivity contribution in [1.29, 1.82) is 0 Å². The third-order valence-electron chi connectivity index (χ3n) is 16.4. The van der Waals surface area contributed by atoms with Gasteiger partial charge >= 0.3 is 5.97 Å². The summed E-state index contributed by atoms with van der Waals surface area (Å²) in [5.74, 6) is 2.84. The lowest BCUT2D eigenvalue weighted by Gasteiger charge is -2.59. The van der Waals surface area contributed by atoms with Crippen LogP contribution in [-0.2, 0) is 25.3 Å². The Bertz CT molecular complexity index is 1860. The number of esters is 1.